The van der Waals surface area contributed by atoms with Crippen molar-refractivity contribution in [1.82, 2.24) is 25.9 Å². The predicted octanol–water partition coefficient (Wildman–Crippen LogP) is 5.67. The fourth-order valence-electron chi connectivity index (χ4n) is 5.01. The summed E-state index contributed by atoms with van der Waals surface area (Å²) in [5.74, 6) is 0.499. The third kappa shape index (κ3) is 5.94. The van der Waals surface area contributed by atoms with E-state index in [1.165, 1.54) is 6.20 Å². The van der Waals surface area contributed by atoms with Crippen molar-refractivity contribution in [3.8, 4) is 18.0 Å². The van der Waals surface area contributed by atoms with Gasteiger partial charge in [-0.05, 0) is 47.6 Å². The van der Waals surface area contributed by atoms with Crippen LogP contribution in [0.4, 0.5) is 15.8 Å². The normalized spacial score (nSPS) is 14.4. The SMILES string of the molecule is COc1nccc2c([C@H](Nc3cc(C#N)c4ncc(C#N)c(NCC(C)(C)C)c4c3)C3=CN([C@@H](C)CF)NN3)cccc12. The van der Waals surface area contributed by atoms with Crippen molar-refractivity contribution in [3.63, 3.8) is 0 Å². The maximum Gasteiger partial charge on any atom is 0.221 e. The molecule has 2 aromatic carbocycles. The van der Waals surface area contributed by atoms with Crippen LogP contribution in [0.3, 0.4) is 0 Å². The number of aromatic nitrogens is 2. The Hall–Kier alpha value is -5.13. The zero-order valence-electron chi connectivity index (χ0n) is 24.8. The third-order valence-corrected chi connectivity index (χ3v) is 7.24. The summed E-state index contributed by atoms with van der Waals surface area (Å²) >= 11 is 0. The molecule has 0 unspecified atom stereocenters. The molecule has 0 fully saturated rings. The second-order valence-corrected chi connectivity index (χ2v) is 11.7. The van der Waals surface area contributed by atoms with Gasteiger partial charge in [0.2, 0.25) is 5.88 Å². The lowest BCUT2D eigenvalue weighted by Gasteiger charge is -2.24. The molecule has 2 atom stereocenters. The first kappa shape index (κ1) is 29.4. The molecule has 3 heterocycles. The number of fused-ring (bicyclic) bond motifs is 2. The van der Waals surface area contributed by atoms with Crippen molar-refractivity contribution in [1.29, 1.82) is 10.5 Å². The van der Waals surface area contributed by atoms with Crippen molar-refractivity contribution in [2.45, 2.75) is 39.8 Å². The predicted molar refractivity (Wildman–Crippen MR) is 165 cm³/mol. The minimum absolute atomic E-state index is 0.0537. The molecule has 10 nitrogen and oxygen atoms in total. The molecule has 0 aliphatic carbocycles. The summed E-state index contributed by atoms with van der Waals surface area (Å²) in [7, 11) is 1.58. The summed E-state index contributed by atoms with van der Waals surface area (Å²) in [6, 6.07) is 15.1. The van der Waals surface area contributed by atoms with Crippen LogP contribution in [-0.4, -0.2) is 41.3 Å². The van der Waals surface area contributed by atoms with Crippen LogP contribution in [0.1, 0.15) is 50.4 Å². The van der Waals surface area contributed by atoms with E-state index < -0.39 is 18.8 Å². The maximum absolute atomic E-state index is 13.6. The first-order valence-electron chi connectivity index (χ1n) is 13.9. The van der Waals surface area contributed by atoms with Crippen LogP contribution in [0.25, 0.3) is 21.7 Å². The van der Waals surface area contributed by atoms with Crippen molar-refractivity contribution in [3.05, 3.63) is 77.4 Å². The average Bonchev–Trinajstić information content (AvgIpc) is 3.50. The quantitative estimate of drug-likeness (QED) is 0.196. The number of benzene rings is 2. The molecule has 5 rings (SSSR count). The highest BCUT2D eigenvalue weighted by atomic mass is 19.1. The Balaban J connectivity index is 1.68. The number of hydrogen-bond donors (Lipinski definition) is 4. The van der Waals surface area contributed by atoms with Crippen LogP contribution in [0.2, 0.25) is 0 Å². The smallest absolute Gasteiger partial charge is 0.221 e. The number of ether oxygens (including phenoxy) is 1. The van der Waals surface area contributed by atoms with Gasteiger partial charge in [0.1, 0.15) is 18.8 Å². The molecule has 0 radical (unpaired) electrons. The summed E-state index contributed by atoms with van der Waals surface area (Å²) in [5, 5.41) is 31.1. The highest BCUT2D eigenvalue weighted by molar-refractivity contribution is 5.99. The minimum atomic E-state index is -0.539. The molecule has 4 N–H and O–H groups in total. The van der Waals surface area contributed by atoms with E-state index >= 15 is 0 Å². The van der Waals surface area contributed by atoms with Gasteiger partial charge in [-0.1, -0.05) is 32.9 Å². The van der Waals surface area contributed by atoms with E-state index in [1.54, 1.807) is 31.3 Å². The maximum atomic E-state index is 13.6. The molecule has 1 aliphatic heterocycles. The van der Waals surface area contributed by atoms with E-state index in [0.717, 1.165) is 22.0 Å². The average molecular weight is 580 g/mol. The van der Waals surface area contributed by atoms with Crippen LogP contribution in [-0.2, 0) is 0 Å². The van der Waals surface area contributed by atoms with Crippen LogP contribution in [0.5, 0.6) is 5.88 Å². The number of nitrogens with zero attached hydrogens (tertiary/aromatic N) is 5. The molecule has 220 valence electrons. The van der Waals surface area contributed by atoms with Gasteiger partial charge >= 0.3 is 0 Å². The standard InChI is InChI=1S/C32H34FN9O/c1-19(13-33)42-17-27(40-41-42)30(24-7-6-8-25-23(24)9-10-36-31(25)43-5)39-22-11-20(14-34)28-26(12-22)29(21(15-35)16-37-28)38-18-32(2,3)4/h6-12,16-17,19,30,39-41H,13,18H2,1-5H3,(H,37,38)/t19-,30-/m0/s1. The molecular weight excluding hydrogens is 545 g/mol. The number of alkyl halides is 1. The topological polar surface area (TPSA) is 134 Å². The summed E-state index contributed by atoms with van der Waals surface area (Å²) in [6.07, 6.45) is 5.03. The van der Waals surface area contributed by atoms with Crippen LogP contribution >= 0.6 is 0 Å². The molecule has 43 heavy (non-hydrogen) atoms. The minimum Gasteiger partial charge on any atom is -0.481 e. The van der Waals surface area contributed by atoms with E-state index in [-0.39, 0.29) is 5.41 Å². The Morgan fingerprint density at radius 2 is 1.86 bits per heavy atom. The Morgan fingerprint density at radius 1 is 1.07 bits per heavy atom. The molecule has 0 amide bonds. The van der Waals surface area contributed by atoms with E-state index in [4.69, 9.17) is 4.74 Å². The molecule has 0 bridgehead atoms. The monoisotopic (exact) mass is 579 g/mol. The number of rotatable bonds is 9. The van der Waals surface area contributed by atoms with Crippen molar-refractivity contribution in [2.75, 3.05) is 31.0 Å². The summed E-state index contributed by atoms with van der Waals surface area (Å²) in [5.41, 5.74) is 10.3. The number of halogens is 1. The number of hydrogen-bond acceptors (Lipinski definition) is 10. The van der Waals surface area contributed by atoms with Gasteiger partial charge in [0, 0.05) is 41.6 Å². The van der Waals surface area contributed by atoms with E-state index in [1.807, 2.05) is 36.5 Å². The first-order valence-corrected chi connectivity index (χ1v) is 13.9. The number of pyridine rings is 2. The Bertz CT molecular complexity index is 1780. The summed E-state index contributed by atoms with van der Waals surface area (Å²) < 4.78 is 19.1. The zero-order chi connectivity index (χ0) is 30.7. The van der Waals surface area contributed by atoms with Gasteiger partial charge in [0.05, 0.1) is 47.2 Å². The lowest BCUT2D eigenvalue weighted by Crippen LogP contribution is -2.43. The molecule has 1 aliphatic rings. The Kier molecular flexibility index (Phi) is 8.20. The Morgan fingerprint density at radius 3 is 2.56 bits per heavy atom. The zero-order valence-corrected chi connectivity index (χ0v) is 24.8. The molecule has 4 aromatic rings. The van der Waals surface area contributed by atoms with Gasteiger partial charge in [0.15, 0.2) is 0 Å². The second kappa shape index (κ2) is 12.0. The van der Waals surface area contributed by atoms with Gasteiger partial charge in [-0.25, -0.2) is 9.37 Å². The van der Waals surface area contributed by atoms with Crippen LogP contribution in [0.15, 0.2) is 60.7 Å². The number of hydrazine groups is 2. The molecule has 0 saturated heterocycles. The third-order valence-electron chi connectivity index (χ3n) is 7.24. The highest BCUT2D eigenvalue weighted by Crippen LogP contribution is 2.37. The Labute approximate surface area is 250 Å². The van der Waals surface area contributed by atoms with Crippen molar-refractivity contribution < 1.29 is 9.13 Å². The lowest BCUT2D eigenvalue weighted by atomic mass is 9.96. The van der Waals surface area contributed by atoms with Crippen LogP contribution < -0.4 is 26.3 Å². The van der Waals surface area contributed by atoms with Gasteiger partial charge in [-0.3, -0.25) is 9.99 Å². The number of methoxy groups -OCH3 is 1. The molecule has 2 aromatic heterocycles. The van der Waals surface area contributed by atoms with Crippen LogP contribution in [0, 0.1) is 28.1 Å². The van der Waals surface area contributed by atoms with Gasteiger partial charge in [-0.15, -0.1) is 5.53 Å². The molecule has 0 saturated carbocycles. The lowest BCUT2D eigenvalue weighted by molar-refractivity contribution is 0.178. The second-order valence-electron chi connectivity index (χ2n) is 11.7. The number of nitriles is 2. The van der Waals surface area contributed by atoms with Gasteiger partial charge in [0.25, 0.3) is 0 Å². The summed E-state index contributed by atoms with van der Waals surface area (Å²) in [6.45, 7) is 8.16. The van der Waals surface area contributed by atoms with Gasteiger partial charge < -0.3 is 20.8 Å². The van der Waals surface area contributed by atoms with E-state index in [2.05, 4.69) is 64.5 Å². The number of anilines is 2. The van der Waals surface area contributed by atoms with E-state index in [0.29, 0.717) is 45.8 Å². The first-order chi connectivity index (χ1) is 20.7. The number of nitrogens with one attached hydrogen (secondary N) is 4. The summed E-state index contributed by atoms with van der Waals surface area (Å²) in [4.78, 5) is 8.83. The van der Waals surface area contributed by atoms with Gasteiger partial charge in [-0.2, -0.15) is 10.5 Å². The molecular formula is C32H34FN9O. The van der Waals surface area contributed by atoms with Crippen molar-refractivity contribution in [2.24, 2.45) is 5.41 Å². The fourth-order valence-corrected chi connectivity index (χ4v) is 5.01. The van der Waals surface area contributed by atoms with Crippen molar-refractivity contribution >= 4 is 33.1 Å². The highest BCUT2D eigenvalue weighted by Gasteiger charge is 2.27. The molecule has 0 spiro atoms. The molecule has 11 heteroatoms. The fraction of sp³-hybridized carbons (Fsp3) is 0.312. The van der Waals surface area contributed by atoms with E-state index in [9.17, 15) is 14.9 Å². The largest absolute Gasteiger partial charge is 0.481 e.